The minimum Gasteiger partial charge on any atom is -0.342 e. The molecule has 26 heavy (non-hydrogen) atoms. The number of carbonyl (C=O) groups is 3. The first kappa shape index (κ1) is 20.5. The van der Waals surface area contributed by atoms with E-state index in [0.29, 0.717) is 10.6 Å². The molecule has 2 rings (SSSR count). The Bertz CT molecular complexity index is 810. The molecule has 2 N–H and O–H groups in total. The fourth-order valence-electron chi connectivity index (χ4n) is 2.06. The monoisotopic (exact) mass is 455 g/mol. The zero-order valence-electron chi connectivity index (χ0n) is 14.2. The molecule has 0 fully saturated rings. The van der Waals surface area contributed by atoms with Crippen LogP contribution < -0.4 is 10.6 Å². The van der Waals surface area contributed by atoms with E-state index in [4.69, 9.17) is 0 Å². The summed E-state index contributed by atoms with van der Waals surface area (Å²) in [4.78, 5) is 39.0. The lowest BCUT2D eigenvalue weighted by Gasteiger charge is -2.17. The van der Waals surface area contributed by atoms with Gasteiger partial charge in [0.2, 0.25) is 11.8 Å². The Labute approximate surface area is 168 Å². The van der Waals surface area contributed by atoms with Crippen molar-refractivity contribution in [2.45, 2.75) is 4.90 Å². The number of hydrogen-bond donors (Lipinski definition) is 2. The maximum Gasteiger partial charge on any atom is 0.261 e. The summed E-state index contributed by atoms with van der Waals surface area (Å²) in [6.07, 6.45) is 1.93. The maximum atomic E-state index is 12.2. The molecule has 0 aliphatic rings. The first-order valence-electron chi connectivity index (χ1n) is 7.61. The van der Waals surface area contributed by atoms with E-state index in [0.717, 1.165) is 8.68 Å². The van der Waals surface area contributed by atoms with Crippen molar-refractivity contribution < 1.29 is 14.4 Å². The molecular weight excluding hydrogens is 438 g/mol. The molecule has 138 valence electrons. The summed E-state index contributed by atoms with van der Waals surface area (Å²) < 4.78 is 0.841. The molecule has 0 spiro atoms. The second-order valence-corrected chi connectivity index (χ2v) is 8.60. The Kier molecular flexibility index (Phi) is 7.67. The first-order valence-corrected chi connectivity index (χ1v) is 10.4. The quantitative estimate of drug-likeness (QED) is 0.628. The smallest absolute Gasteiger partial charge is 0.261 e. The molecule has 9 heteroatoms. The van der Waals surface area contributed by atoms with Gasteiger partial charge in [0, 0.05) is 11.9 Å². The fraction of sp³-hybridized carbons (Fsp3) is 0.235. The first-order chi connectivity index (χ1) is 12.4. The van der Waals surface area contributed by atoms with Crippen molar-refractivity contribution in [3.8, 4) is 0 Å². The minimum absolute atomic E-state index is 0.0953. The highest BCUT2D eigenvalue weighted by Crippen LogP contribution is 2.24. The molecule has 6 nitrogen and oxygen atoms in total. The van der Waals surface area contributed by atoms with Gasteiger partial charge in [0.25, 0.3) is 5.91 Å². The predicted octanol–water partition coefficient (Wildman–Crippen LogP) is 3.06. The van der Waals surface area contributed by atoms with E-state index in [-0.39, 0.29) is 30.8 Å². The summed E-state index contributed by atoms with van der Waals surface area (Å²) in [6, 6.07) is 10.9. The lowest BCUT2D eigenvalue weighted by molar-refractivity contribution is -0.132. The highest BCUT2D eigenvalue weighted by molar-refractivity contribution is 9.11. The number of carbonyl (C=O) groups excluding carboxylic acids is 3. The Morgan fingerprint density at radius 1 is 1.19 bits per heavy atom. The molecule has 2 aromatic rings. The number of anilines is 1. The van der Waals surface area contributed by atoms with Crippen LogP contribution in [0.5, 0.6) is 0 Å². The minimum atomic E-state index is -0.345. The van der Waals surface area contributed by atoms with Gasteiger partial charge >= 0.3 is 0 Å². The molecule has 0 atom stereocenters. The third-order valence-corrected chi connectivity index (χ3v) is 5.80. The van der Waals surface area contributed by atoms with Crippen molar-refractivity contribution in [1.29, 1.82) is 0 Å². The van der Waals surface area contributed by atoms with Gasteiger partial charge in [0.15, 0.2) is 0 Å². The lowest BCUT2D eigenvalue weighted by Crippen LogP contribution is -2.41. The standard InChI is InChI=1S/C17H18BrN3O3S2/c1-21(10-15(22)20-11-5-3-4-6-12(11)25-2)16(23)9-19-17(24)13-7-8-14(18)26-13/h3-8H,9-10H2,1-2H3,(H,19,24)(H,20,22). The Morgan fingerprint density at radius 2 is 1.92 bits per heavy atom. The average Bonchev–Trinajstić information content (AvgIpc) is 3.06. The van der Waals surface area contributed by atoms with Crippen LogP contribution in [0.4, 0.5) is 5.69 Å². The van der Waals surface area contributed by atoms with E-state index in [1.165, 1.54) is 35.0 Å². The zero-order chi connectivity index (χ0) is 19.1. The number of thiophene rings is 1. The van der Waals surface area contributed by atoms with Crippen molar-refractivity contribution in [1.82, 2.24) is 10.2 Å². The SMILES string of the molecule is CSc1ccccc1NC(=O)CN(C)C(=O)CNC(=O)c1ccc(Br)s1. The molecular formula is C17H18BrN3O3S2. The number of thioether (sulfide) groups is 1. The summed E-state index contributed by atoms with van der Waals surface area (Å²) in [5, 5.41) is 5.35. The zero-order valence-corrected chi connectivity index (χ0v) is 17.5. The van der Waals surface area contributed by atoms with Crippen LogP contribution in [-0.4, -0.2) is 49.0 Å². The summed E-state index contributed by atoms with van der Waals surface area (Å²) in [6.45, 7) is -0.262. The number of likely N-dealkylation sites (N-methyl/N-ethyl adjacent to an activating group) is 1. The largest absolute Gasteiger partial charge is 0.342 e. The number of halogens is 1. The summed E-state index contributed by atoms with van der Waals surface area (Å²) in [7, 11) is 1.52. The number of para-hydroxylation sites is 1. The average molecular weight is 456 g/mol. The number of nitrogens with zero attached hydrogens (tertiary/aromatic N) is 1. The van der Waals surface area contributed by atoms with Crippen LogP contribution in [0.25, 0.3) is 0 Å². The molecule has 0 saturated heterocycles. The predicted molar refractivity (Wildman–Crippen MR) is 109 cm³/mol. The van der Waals surface area contributed by atoms with E-state index in [1.54, 1.807) is 12.1 Å². The summed E-state index contributed by atoms with van der Waals surface area (Å²) in [5.41, 5.74) is 0.711. The van der Waals surface area contributed by atoms with Gasteiger partial charge in [0.1, 0.15) is 0 Å². The van der Waals surface area contributed by atoms with Crippen LogP contribution in [0.3, 0.4) is 0 Å². The van der Waals surface area contributed by atoms with E-state index in [1.807, 2.05) is 30.5 Å². The Balaban J connectivity index is 1.82. The van der Waals surface area contributed by atoms with E-state index in [2.05, 4.69) is 26.6 Å². The number of rotatable bonds is 7. The summed E-state index contributed by atoms with van der Waals surface area (Å²) in [5.74, 6) is -0.959. The molecule has 0 radical (unpaired) electrons. The van der Waals surface area contributed by atoms with E-state index in [9.17, 15) is 14.4 Å². The normalized spacial score (nSPS) is 10.3. The van der Waals surface area contributed by atoms with Crippen LogP contribution >= 0.6 is 39.0 Å². The number of benzene rings is 1. The third kappa shape index (κ3) is 5.86. The van der Waals surface area contributed by atoms with Gasteiger partial charge in [-0.25, -0.2) is 0 Å². The van der Waals surface area contributed by atoms with Crippen LogP contribution in [0.15, 0.2) is 45.1 Å². The second-order valence-electron chi connectivity index (χ2n) is 5.28. The molecule has 0 bridgehead atoms. The molecule has 1 aromatic carbocycles. The number of hydrogen-bond acceptors (Lipinski definition) is 5. The molecule has 1 heterocycles. The van der Waals surface area contributed by atoms with Crippen molar-refractivity contribution in [2.75, 3.05) is 31.7 Å². The van der Waals surface area contributed by atoms with Crippen molar-refractivity contribution >= 4 is 62.4 Å². The number of nitrogens with one attached hydrogen (secondary N) is 2. The molecule has 0 aliphatic carbocycles. The van der Waals surface area contributed by atoms with Crippen LogP contribution in [0.2, 0.25) is 0 Å². The van der Waals surface area contributed by atoms with E-state index >= 15 is 0 Å². The molecule has 3 amide bonds. The van der Waals surface area contributed by atoms with Gasteiger partial charge in [-0.15, -0.1) is 23.1 Å². The van der Waals surface area contributed by atoms with Crippen molar-refractivity contribution in [3.63, 3.8) is 0 Å². The molecule has 0 aliphatic heterocycles. The lowest BCUT2D eigenvalue weighted by atomic mass is 10.3. The van der Waals surface area contributed by atoms with Gasteiger partial charge < -0.3 is 15.5 Å². The molecule has 0 unspecified atom stereocenters. The third-order valence-electron chi connectivity index (χ3n) is 3.38. The van der Waals surface area contributed by atoms with Crippen LogP contribution in [-0.2, 0) is 9.59 Å². The Hall–Kier alpha value is -1.84. The summed E-state index contributed by atoms with van der Waals surface area (Å²) >= 11 is 6.10. The van der Waals surface area contributed by atoms with Gasteiger partial charge in [0.05, 0.1) is 27.4 Å². The topological polar surface area (TPSA) is 78.5 Å². The van der Waals surface area contributed by atoms with Gasteiger partial charge in [-0.3, -0.25) is 14.4 Å². The van der Waals surface area contributed by atoms with Crippen molar-refractivity contribution in [2.24, 2.45) is 0 Å². The molecule has 0 saturated carbocycles. The van der Waals surface area contributed by atoms with Gasteiger partial charge in [-0.05, 0) is 46.5 Å². The maximum absolute atomic E-state index is 12.2. The van der Waals surface area contributed by atoms with Crippen LogP contribution in [0.1, 0.15) is 9.67 Å². The molecule has 1 aromatic heterocycles. The van der Waals surface area contributed by atoms with E-state index < -0.39 is 0 Å². The van der Waals surface area contributed by atoms with Gasteiger partial charge in [-0.2, -0.15) is 0 Å². The van der Waals surface area contributed by atoms with Crippen molar-refractivity contribution in [3.05, 3.63) is 45.1 Å². The van der Waals surface area contributed by atoms with Gasteiger partial charge in [-0.1, -0.05) is 12.1 Å². The second kappa shape index (κ2) is 9.75. The number of amides is 3. The Morgan fingerprint density at radius 3 is 2.58 bits per heavy atom. The van der Waals surface area contributed by atoms with Crippen LogP contribution in [0, 0.1) is 0 Å². The fourth-order valence-corrected chi connectivity index (χ4v) is 3.91. The highest BCUT2D eigenvalue weighted by atomic mass is 79.9. The highest BCUT2D eigenvalue weighted by Gasteiger charge is 2.16.